The average Bonchev–Trinajstić information content (AvgIpc) is 3.58. The minimum atomic E-state index is 0.868. The van der Waals surface area contributed by atoms with Crippen LogP contribution in [0.5, 0.6) is 0 Å². The Balaban J connectivity index is 1.37. The molecule has 0 aliphatic carbocycles. The van der Waals surface area contributed by atoms with Crippen molar-refractivity contribution in [2.45, 2.75) is 0 Å². The Morgan fingerprint density at radius 3 is 2.02 bits per heavy atom. The predicted molar refractivity (Wildman–Crippen MR) is 170 cm³/mol. The highest BCUT2D eigenvalue weighted by atomic mass is 32.1. The van der Waals surface area contributed by atoms with Crippen molar-refractivity contribution < 1.29 is 0 Å². The first-order valence-corrected chi connectivity index (χ1v) is 14.2. The molecule has 0 saturated heterocycles. The van der Waals surface area contributed by atoms with E-state index in [0.29, 0.717) is 0 Å². The fraction of sp³-hybridized carbons (Fsp3) is 0. The van der Waals surface area contributed by atoms with Crippen molar-refractivity contribution in [2.24, 2.45) is 0 Å². The molecule has 0 aliphatic rings. The normalized spacial score (nSPS) is 12.0. The lowest BCUT2D eigenvalue weighted by atomic mass is 9.99. The number of nitrogens with zero attached hydrogens (tertiary/aromatic N) is 3. The van der Waals surface area contributed by atoms with Crippen LogP contribution in [0.25, 0.3) is 80.6 Å². The van der Waals surface area contributed by atoms with Crippen molar-refractivity contribution in [2.75, 3.05) is 0 Å². The third-order valence-electron chi connectivity index (χ3n) is 8.05. The molecule has 4 heterocycles. The van der Waals surface area contributed by atoms with E-state index in [4.69, 9.17) is 9.97 Å². The number of hydrogen-bond acceptors (Lipinski definition) is 3. The average molecular weight is 528 g/mol. The van der Waals surface area contributed by atoms with E-state index >= 15 is 0 Å². The first-order valence-electron chi connectivity index (χ1n) is 13.4. The summed E-state index contributed by atoms with van der Waals surface area (Å²) in [6, 6.07) is 41.1. The Morgan fingerprint density at radius 1 is 0.525 bits per heavy atom. The Morgan fingerprint density at radius 2 is 1.20 bits per heavy atom. The van der Waals surface area contributed by atoms with Crippen LogP contribution in [-0.4, -0.2) is 14.5 Å². The van der Waals surface area contributed by atoms with Gasteiger partial charge in [-0.2, -0.15) is 0 Å². The summed E-state index contributed by atoms with van der Waals surface area (Å²) in [5, 5.41) is 10.1. The molecule has 9 rings (SSSR count). The summed E-state index contributed by atoms with van der Waals surface area (Å²) in [5.41, 5.74) is 5.23. The molecule has 0 radical (unpaired) electrons. The van der Waals surface area contributed by atoms with Crippen LogP contribution in [0.15, 0.2) is 128 Å². The molecule has 9 aromatic rings. The van der Waals surface area contributed by atoms with E-state index in [-0.39, 0.29) is 0 Å². The van der Waals surface area contributed by atoms with Gasteiger partial charge in [0.1, 0.15) is 0 Å². The molecule has 0 amide bonds. The van der Waals surface area contributed by atoms with E-state index in [2.05, 4.69) is 114 Å². The molecular weight excluding hydrogens is 506 g/mol. The maximum absolute atomic E-state index is 4.93. The fourth-order valence-electron chi connectivity index (χ4n) is 6.29. The first kappa shape index (κ1) is 21.8. The maximum atomic E-state index is 4.93. The van der Waals surface area contributed by atoms with Crippen molar-refractivity contribution in [3.63, 3.8) is 0 Å². The van der Waals surface area contributed by atoms with Gasteiger partial charge in [-0.25, -0.2) is 0 Å². The molecule has 4 heteroatoms. The molecule has 0 aliphatic heterocycles. The van der Waals surface area contributed by atoms with Gasteiger partial charge >= 0.3 is 0 Å². The zero-order valence-corrected chi connectivity index (χ0v) is 22.2. The quantitative estimate of drug-likeness (QED) is 0.224. The molecule has 5 aromatic carbocycles. The summed E-state index contributed by atoms with van der Waals surface area (Å²) in [6.07, 6.45) is 3.92. The molecule has 40 heavy (non-hydrogen) atoms. The number of para-hydroxylation sites is 1. The Bertz CT molecular complexity index is 2430. The van der Waals surface area contributed by atoms with Gasteiger partial charge in [0, 0.05) is 37.8 Å². The molecular formula is C36H21N3S. The van der Waals surface area contributed by atoms with Crippen molar-refractivity contribution in [1.29, 1.82) is 0 Å². The second kappa shape index (κ2) is 8.22. The van der Waals surface area contributed by atoms with Gasteiger partial charge < -0.3 is 4.57 Å². The van der Waals surface area contributed by atoms with Crippen LogP contribution in [0.1, 0.15) is 0 Å². The molecule has 0 N–H and O–H groups in total. The van der Waals surface area contributed by atoms with E-state index in [1.807, 2.05) is 29.8 Å². The number of fused-ring (bicyclic) bond motifs is 11. The minimum absolute atomic E-state index is 0.868. The molecule has 0 atom stereocenters. The number of thiophene rings is 1. The highest BCUT2D eigenvalue weighted by molar-refractivity contribution is 7.27. The summed E-state index contributed by atoms with van der Waals surface area (Å²) < 4.78 is 5.02. The molecule has 4 aromatic heterocycles. The zero-order valence-electron chi connectivity index (χ0n) is 21.4. The Hall–Kier alpha value is -5.06. The van der Waals surface area contributed by atoms with E-state index < -0.39 is 0 Å². The molecule has 0 unspecified atom stereocenters. The van der Waals surface area contributed by atoms with Gasteiger partial charge in [0.15, 0.2) is 0 Å². The van der Waals surface area contributed by atoms with E-state index in [0.717, 1.165) is 22.5 Å². The molecule has 0 bridgehead atoms. The number of rotatable bonds is 2. The molecule has 0 fully saturated rings. The van der Waals surface area contributed by atoms with E-state index in [9.17, 15) is 0 Å². The molecule has 186 valence electrons. The van der Waals surface area contributed by atoms with Gasteiger partial charge in [-0.05, 0) is 46.5 Å². The topological polar surface area (TPSA) is 30.7 Å². The first-order chi connectivity index (χ1) is 19.8. The van der Waals surface area contributed by atoms with Crippen LogP contribution in [0, 0.1) is 0 Å². The van der Waals surface area contributed by atoms with Crippen molar-refractivity contribution in [3.05, 3.63) is 128 Å². The third-order valence-corrected chi connectivity index (χ3v) is 9.23. The third kappa shape index (κ3) is 2.99. The molecule has 3 nitrogen and oxygen atoms in total. The number of hydrogen-bond donors (Lipinski definition) is 0. The van der Waals surface area contributed by atoms with Crippen molar-refractivity contribution in [3.8, 4) is 17.1 Å². The number of aromatic nitrogens is 3. The monoisotopic (exact) mass is 527 g/mol. The van der Waals surface area contributed by atoms with Gasteiger partial charge in [-0.3, -0.25) is 9.97 Å². The van der Waals surface area contributed by atoms with E-state index in [1.54, 1.807) is 0 Å². The number of pyridine rings is 2. The minimum Gasteiger partial charge on any atom is -0.306 e. The second-order valence-corrected chi connectivity index (χ2v) is 11.3. The Kier molecular flexibility index (Phi) is 4.48. The van der Waals surface area contributed by atoms with Gasteiger partial charge in [-0.1, -0.05) is 84.9 Å². The van der Waals surface area contributed by atoms with Gasteiger partial charge in [0.2, 0.25) is 0 Å². The molecule has 0 spiro atoms. The van der Waals surface area contributed by atoms with Crippen LogP contribution < -0.4 is 0 Å². The van der Waals surface area contributed by atoms with Crippen molar-refractivity contribution >= 4 is 74.9 Å². The van der Waals surface area contributed by atoms with Gasteiger partial charge in [0.05, 0.1) is 39.0 Å². The van der Waals surface area contributed by atoms with Crippen LogP contribution in [0.2, 0.25) is 0 Å². The maximum Gasteiger partial charge on any atom is 0.0892 e. The largest absolute Gasteiger partial charge is 0.306 e. The number of benzene rings is 5. The summed E-state index contributed by atoms with van der Waals surface area (Å²) in [7, 11) is 0. The molecule has 0 saturated carbocycles. The summed E-state index contributed by atoms with van der Waals surface area (Å²) >= 11 is 1.88. The predicted octanol–water partition coefficient (Wildman–Crippen LogP) is 9.91. The summed E-state index contributed by atoms with van der Waals surface area (Å²) in [6.45, 7) is 0. The lowest BCUT2D eigenvalue weighted by molar-refractivity contribution is 1.14. The van der Waals surface area contributed by atoms with Gasteiger partial charge in [-0.15, -0.1) is 11.3 Å². The summed E-state index contributed by atoms with van der Waals surface area (Å²) in [5.74, 6) is 0. The Labute approximate surface area is 233 Å². The standard InChI is InChI=1S/C36H21N3S/c1-2-10-23-20-37-30(19-22(23)9-1)29-18-17-24(21-38-29)39-31-15-7-5-13-27(31)33-25-11-3-4-12-26(25)34-28-14-6-8-16-32(28)40-36(34)35(33)39/h1-21H. The second-order valence-electron chi connectivity index (χ2n) is 10.2. The van der Waals surface area contributed by atoms with E-state index in [1.165, 1.54) is 58.1 Å². The fourth-order valence-corrected chi connectivity index (χ4v) is 7.55. The summed E-state index contributed by atoms with van der Waals surface area (Å²) in [4.78, 5) is 9.63. The van der Waals surface area contributed by atoms with Crippen LogP contribution in [-0.2, 0) is 0 Å². The van der Waals surface area contributed by atoms with Gasteiger partial charge in [0.25, 0.3) is 0 Å². The highest BCUT2D eigenvalue weighted by Crippen LogP contribution is 2.47. The SMILES string of the molecule is c1ccc2cc(-c3ccc(-n4c5ccccc5c5c6ccccc6c6c7ccccc7sc6c54)cn3)ncc2c1. The van der Waals surface area contributed by atoms with Crippen LogP contribution in [0.3, 0.4) is 0 Å². The lowest BCUT2D eigenvalue weighted by Crippen LogP contribution is -1.96. The highest BCUT2D eigenvalue weighted by Gasteiger charge is 2.21. The van der Waals surface area contributed by atoms with Crippen LogP contribution in [0.4, 0.5) is 0 Å². The van der Waals surface area contributed by atoms with Crippen LogP contribution >= 0.6 is 11.3 Å². The lowest BCUT2D eigenvalue weighted by Gasteiger charge is -2.11. The smallest absolute Gasteiger partial charge is 0.0892 e. The van der Waals surface area contributed by atoms with Crippen molar-refractivity contribution in [1.82, 2.24) is 14.5 Å². The zero-order chi connectivity index (χ0) is 26.2.